The molecule has 0 spiro atoms. The molecular formula is C11H22NO2+. The Balaban J connectivity index is 2.34. The standard InChI is InChI=1S/C11H22NO2/c1-9(2)11(14)5-7-12(3)6-4-10(13)8-12/h9-10,13H,4-8H2,1-3H3/q+1/t10-,12?/m0/s1. The molecule has 1 fully saturated rings. The lowest BCUT2D eigenvalue weighted by atomic mass is 10.1. The summed E-state index contributed by atoms with van der Waals surface area (Å²) in [6.45, 7) is 6.59. The molecule has 2 atom stereocenters. The van der Waals surface area contributed by atoms with Crippen molar-refractivity contribution in [1.29, 1.82) is 0 Å². The van der Waals surface area contributed by atoms with E-state index in [1.165, 1.54) is 0 Å². The lowest BCUT2D eigenvalue weighted by Gasteiger charge is -2.29. The molecule has 1 unspecified atom stereocenters. The van der Waals surface area contributed by atoms with Crippen molar-refractivity contribution >= 4 is 5.78 Å². The first-order chi connectivity index (χ1) is 6.43. The number of likely N-dealkylation sites (tertiary alicyclic amines) is 1. The summed E-state index contributed by atoms with van der Waals surface area (Å²) in [4.78, 5) is 11.5. The molecule has 0 radical (unpaired) electrons. The molecule has 0 saturated carbocycles. The summed E-state index contributed by atoms with van der Waals surface area (Å²) in [5.41, 5.74) is 0. The van der Waals surface area contributed by atoms with Crippen LogP contribution in [-0.4, -0.2) is 48.2 Å². The van der Waals surface area contributed by atoms with Crippen LogP contribution in [0, 0.1) is 5.92 Å². The van der Waals surface area contributed by atoms with E-state index in [2.05, 4.69) is 7.05 Å². The normalized spacial score (nSPS) is 32.5. The predicted octanol–water partition coefficient (Wildman–Crippen LogP) is 0.813. The summed E-state index contributed by atoms with van der Waals surface area (Å²) in [6.07, 6.45) is 1.38. The summed E-state index contributed by atoms with van der Waals surface area (Å²) in [5, 5.41) is 9.44. The van der Waals surface area contributed by atoms with Crippen LogP contribution in [0.2, 0.25) is 0 Å². The van der Waals surface area contributed by atoms with E-state index in [9.17, 15) is 9.90 Å². The van der Waals surface area contributed by atoms with E-state index in [0.29, 0.717) is 12.2 Å². The number of nitrogens with zero attached hydrogens (tertiary/aromatic N) is 1. The van der Waals surface area contributed by atoms with Crippen molar-refractivity contribution in [2.75, 3.05) is 26.7 Å². The predicted molar refractivity (Wildman–Crippen MR) is 55.9 cm³/mol. The maximum atomic E-state index is 11.5. The fraction of sp³-hybridized carbons (Fsp3) is 0.909. The second kappa shape index (κ2) is 4.41. The first kappa shape index (κ1) is 11.7. The van der Waals surface area contributed by atoms with Gasteiger partial charge in [-0.05, 0) is 0 Å². The second-order valence-electron chi connectivity index (χ2n) is 5.06. The van der Waals surface area contributed by atoms with Crippen molar-refractivity contribution in [2.24, 2.45) is 5.92 Å². The van der Waals surface area contributed by atoms with Crippen molar-refractivity contribution in [3.63, 3.8) is 0 Å². The highest BCUT2D eigenvalue weighted by atomic mass is 16.3. The maximum absolute atomic E-state index is 11.5. The smallest absolute Gasteiger partial charge is 0.141 e. The summed E-state index contributed by atoms with van der Waals surface area (Å²) < 4.78 is 0.861. The van der Waals surface area contributed by atoms with E-state index in [1.54, 1.807) is 0 Å². The van der Waals surface area contributed by atoms with Gasteiger partial charge in [0, 0.05) is 12.3 Å². The Morgan fingerprint density at radius 2 is 2.21 bits per heavy atom. The van der Waals surface area contributed by atoms with Crippen LogP contribution < -0.4 is 0 Å². The molecule has 0 aromatic carbocycles. The van der Waals surface area contributed by atoms with Gasteiger partial charge in [0.15, 0.2) is 0 Å². The Bertz CT molecular complexity index is 215. The number of likely N-dealkylation sites (N-methyl/N-ethyl adjacent to an activating group) is 1. The molecule has 0 aliphatic carbocycles. The van der Waals surface area contributed by atoms with Crippen LogP contribution in [0.5, 0.6) is 0 Å². The van der Waals surface area contributed by atoms with Crippen molar-refractivity contribution in [2.45, 2.75) is 32.8 Å². The molecule has 82 valence electrons. The number of hydrogen-bond acceptors (Lipinski definition) is 2. The van der Waals surface area contributed by atoms with Gasteiger partial charge in [0.2, 0.25) is 0 Å². The number of aliphatic hydroxyl groups is 1. The fourth-order valence-electron chi connectivity index (χ4n) is 2.02. The number of carbonyl (C=O) groups excluding carboxylic acids is 1. The molecule has 0 amide bonds. The van der Waals surface area contributed by atoms with E-state index < -0.39 is 0 Å². The van der Waals surface area contributed by atoms with Crippen LogP contribution in [0.3, 0.4) is 0 Å². The molecule has 1 saturated heterocycles. The lowest BCUT2D eigenvalue weighted by molar-refractivity contribution is -0.898. The van der Waals surface area contributed by atoms with Crippen LogP contribution >= 0.6 is 0 Å². The second-order valence-corrected chi connectivity index (χ2v) is 5.06. The molecule has 1 N–H and O–H groups in total. The highest BCUT2D eigenvalue weighted by Gasteiger charge is 2.33. The maximum Gasteiger partial charge on any atom is 0.141 e. The van der Waals surface area contributed by atoms with Gasteiger partial charge in [-0.3, -0.25) is 4.79 Å². The number of hydrogen-bond donors (Lipinski definition) is 1. The minimum absolute atomic E-state index is 0.147. The first-order valence-electron chi connectivity index (χ1n) is 5.47. The Morgan fingerprint density at radius 3 is 2.64 bits per heavy atom. The average Bonchev–Trinajstić information content (AvgIpc) is 2.43. The third-order valence-electron chi connectivity index (χ3n) is 3.20. The average molecular weight is 200 g/mol. The number of carbonyl (C=O) groups is 1. The third-order valence-corrected chi connectivity index (χ3v) is 3.20. The molecule has 3 heteroatoms. The number of ketones is 1. The quantitative estimate of drug-likeness (QED) is 0.682. The molecule has 14 heavy (non-hydrogen) atoms. The monoisotopic (exact) mass is 200 g/mol. The Kier molecular flexibility index (Phi) is 3.67. The highest BCUT2D eigenvalue weighted by Crippen LogP contribution is 2.18. The third kappa shape index (κ3) is 3.07. The molecule has 1 heterocycles. The number of rotatable bonds is 4. The van der Waals surface area contributed by atoms with Gasteiger partial charge < -0.3 is 9.59 Å². The van der Waals surface area contributed by atoms with Crippen LogP contribution in [0.4, 0.5) is 0 Å². The van der Waals surface area contributed by atoms with Crippen molar-refractivity contribution in [3.05, 3.63) is 0 Å². The van der Waals surface area contributed by atoms with Gasteiger partial charge in [-0.1, -0.05) is 13.8 Å². The van der Waals surface area contributed by atoms with Gasteiger partial charge in [-0.15, -0.1) is 0 Å². The van der Waals surface area contributed by atoms with E-state index in [-0.39, 0.29) is 12.0 Å². The Morgan fingerprint density at radius 1 is 1.57 bits per heavy atom. The fourth-order valence-corrected chi connectivity index (χ4v) is 2.02. The summed E-state index contributed by atoms with van der Waals surface area (Å²) >= 11 is 0. The van der Waals surface area contributed by atoms with E-state index in [0.717, 1.165) is 30.5 Å². The Hall–Kier alpha value is -0.410. The van der Waals surface area contributed by atoms with Crippen LogP contribution in [-0.2, 0) is 4.79 Å². The minimum Gasteiger partial charge on any atom is -0.387 e. The molecule has 0 aromatic rings. The number of quaternary nitrogens is 1. The lowest BCUT2D eigenvalue weighted by Crippen LogP contribution is -2.44. The number of aliphatic hydroxyl groups excluding tert-OH is 1. The molecule has 3 nitrogen and oxygen atoms in total. The van der Waals surface area contributed by atoms with Gasteiger partial charge in [0.1, 0.15) is 18.4 Å². The van der Waals surface area contributed by atoms with Gasteiger partial charge >= 0.3 is 0 Å². The van der Waals surface area contributed by atoms with Crippen molar-refractivity contribution < 1.29 is 14.4 Å². The van der Waals surface area contributed by atoms with E-state index in [4.69, 9.17) is 0 Å². The zero-order valence-corrected chi connectivity index (χ0v) is 9.49. The number of Topliss-reactive ketones (excluding diaryl/α,β-unsaturated/α-hetero) is 1. The highest BCUT2D eigenvalue weighted by molar-refractivity contribution is 5.80. The summed E-state index contributed by atoms with van der Waals surface area (Å²) in [7, 11) is 2.13. The first-order valence-corrected chi connectivity index (χ1v) is 5.47. The molecule has 1 rings (SSSR count). The molecule has 0 bridgehead atoms. The van der Waals surface area contributed by atoms with Crippen molar-refractivity contribution in [3.8, 4) is 0 Å². The van der Waals surface area contributed by atoms with Crippen molar-refractivity contribution in [1.82, 2.24) is 0 Å². The van der Waals surface area contributed by atoms with Gasteiger partial charge in [0.25, 0.3) is 0 Å². The Labute approximate surface area is 86.3 Å². The zero-order valence-electron chi connectivity index (χ0n) is 9.49. The topological polar surface area (TPSA) is 37.3 Å². The van der Waals surface area contributed by atoms with Gasteiger partial charge in [0.05, 0.1) is 26.6 Å². The van der Waals surface area contributed by atoms with Gasteiger partial charge in [-0.25, -0.2) is 0 Å². The zero-order chi connectivity index (χ0) is 10.8. The minimum atomic E-state index is -0.158. The van der Waals surface area contributed by atoms with Crippen LogP contribution in [0.1, 0.15) is 26.7 Å². The summed E-state index contributed by atoms with van der Waals surface area (Å²) in [5.74, 6) is 0.486. The summed E-state index contributed by atoms with van der Waals surface area (Å²) in [6, 6.07) is 0. The van der Waals surface area contributed by atoms with E-state index in [1.807, 2.05) is 13.8 Å². The van der Waals surface area contributed by atoms with Crippen LogP contribution in [0.25, 0.3) is 0 Å². The molecular weight excluding hydrogens is 178 g/mol. The molecule has 1 aliphatic rings. The van der Waals surface area contributed by atoms with E-state index >= 15 is 0 Å². The molecule has 1 aliphatic heterocycles. The SMILES string of the molecule is CC(C)C(=O)CC[N+]1(C)CC[C@H](O)C1. The van der Waals surface area contributed by atoms with Gasteiger partial charge in [-0.2, -0.15) is 0 Å². The van der Waals surface area contributed by atoms with Crippen LogP contribution in [0.15, 0.2) is 0 Å². The molecule has 0 aromatic heterocycles. The largest absolute Gasteiger partial charge is 0.387 e.